The van der Waals surface area contributed by atoms with Crippen LogP contribution in [-0.4, -0.2) is 57.6 Å². The van der Waals surface area contributed by atoms with Crippen LogP contribution in [0.4, 0.5) is 0 Å². The van der Waals surface area contributed by atoms with Gasteiger partial charge in [0, 0.05) is 13.1 Å². The van der Waals surface area contributed by atoms with Gasteiger partial charge in [-0.2, -0.15) is 0 Å². The van der Waals surface area contributed by atoms with Gasteiger partial charge >= 0.3 is 5.97 Å². The number of carbonyl (C=O) groups is 1. The van der Waals surface area contributed by atoms with Crippen LogP contribution >= 0.6 is 11.3 Å². The Morgan fingerprint density at radius 2 is 2.20 bits per heavy atom. The van der Waals surface area contributed by atoms with Crippen LogP contribution in [0.5, 0.6) is 0 Å². The molecule has 0 atom stereocenters. The Morgan fingerprint density at radius 1 is 1.50 bits per heavy atom. The molecule has 0 unspecified atom stereocenters. The summed E-state index contributed by atoms with van der Waals surface area (Å²) in [6.07, 6.45) is 2.32. The molecule has 0 radical (unpaired) electrons. The molecule has 2 heterocycles. The average molecular weight is 319 g/mol. The zero-order valence-corrected chi connectivity index (χ0v) is 12.8. The Kier molecular flexibility index (Phi) is 5.08. The van der Waals surface area contributed by atoms with E-state index in [-0.39, 0.29) is 9.90 Å². The van der Waals surface area contributed by atoms with Crippen LogP contribution in [0.15, 0.2) is 9.72 Å². The van der Waals surface area contributed by atoms with Crippen molar-refractivity contribution in [3.05, 3.63) is 11.2 Å². The summed E-state index contributed by atoms with van der Waals surface area (Å²) in [6, 6.07) is 0. The van der Waals surface area contributed by atoms with Crippen molar-refractivity contribution in [2.24, 2.45) is 0 Å². The molecule has 0 aromatic carbocycles. The molecule has 0 spiro atoms. The third kappa shape index (κ3) is 3.54. The van der Waals surface area contributed by atoms with Crippen LogP contribution in [0, 0.1) is 0 Å². The van der Waals surface area contributed by atoms with Crippen molar-refractivity contribution in [2.45, 2.75) is 17.1 Å². The summed E-state index contributed by atoms with van der Waals surface area (Å²) in [7, 11) is -2.52. The van der Waals surface area contributed by atoms with Gasteiger partial charge in [0.05, 0.1) is 12.6 Å². The molecule has 1 N–H and O–H groups in total. The smallest absolute Gasteiger partial charge is 0.358 e. The first-order chi connectivity index (χ1) is 9.54. The third-order valence-electron chi connectivity index (χ3n) is 3.08. The minimum absolute atomic E-state index is 0.0919. The van der Waals surface area contributed by atoms with Gasteiger partial charge in [0.15, 0.2) is 9.90 Å². The van der Waals surface area contributed by atoms with Crippen molar-refractivity contribution in [2.75, 3.05) is 33.3 Å². The molecule has 1 aromatic rings. The molecule has 7 nitrogen and oxygen atoms in total. The van der Waals surface area contributed by atoms with E-state index >= 15 is 0 Å². The van der Waals surface area contributed by atoms with Gasteiger partial charge in [-0.1, -0.05) is 0 Å². The number of esters is 1. The number of ether oxygens (including phenoxy) is 1. The van der Waals surface area contributed by atoms with Gasteiger partial charge in [0.25, 0.3) is 10.0 Å². The van der Waals surface area contributed by atoms with Crippen LogP contribution < -0.4 is 4.72 Å². The highest BCUT2D eigenvalue weighted by Gasteiger charge is 2.26. The lowest BCUT2D eigenvalue weighted by molar-refractivity contribution is 0.0590. The number of carbonyl (C=O) groups excluding carboxylic acids is 1. The molecule has 0 amide bonds. The monoisotopic (exact) mass is 319 g/mol. The van der Waals surface area contributed by atoms with E-state index in [0.29, 0.717) is 13.1 Å². The van der Waals surface area contributed by atoms with Gasteiger partial charge in [-0.15, -0.1) is 11.3 Å². The number of aromatic nitrogens is 1. The molecular weight excluding hydrogens is 302 g/mol. The lowest BCUT2D eigenvalue weighted by Gasteiger charge is -2.14. The van der Waals surface area contributed by atoms with E-state index in [0.717, 1.165) is 37.3 Å². The molecule has 1 aromatic heterocycles. The average Bonchev–Trinajstić information content (AvgIpc) is 3.08. The number of thiazole rings is 1. The summed E-state index contributed by atoms with van der Waals surface area (Å²) >= 11 is 0.907. The second-order valence-electron chi connectivity index (χ2n) is 4.43. The number of methoxy groups -OCH3 is 1. The Bertz CT molecular complexity index is 564. The first-order valence-corrected chi connectivity index (χ1v) is 8.64. The molecule has 2 rings (SSSR count). The van der Waals surface area contributed by atoms with Crippen LogP contribution in [-0.2, 0) is 14.8 Å². The lowest BCUT2D eigenvalue weighted by Crippen LogP contribution is -2.33. The maximum atomic E-state index is 12.1. The molecule has 0 bridgehead atoms. The first-order valence-electron chi connectivity index (χ1n) is 6.28. The number of hydrogen-bond donors (Lipinski definition) is 1. The number of nitrogens with zero attached hydrogens (tertiary/aromatic N) is 2. The summed E-state index contributed by atoms with van der Waals surface area (Å²) in [4.78, 5) is 17.4. The molecule has 1 fully saturated rings. The van der Waals surface area contributed by atoms with Crippen molar-refractivity contribution in [3.8, 4) is 0 Å². The van der Waals surface area contributed by atoms with Gasteiger partial charge in [0.1, 0.15) is 0 Å². The summed E-state index contributed by atoms with van der Waals surface area (Å²) in [6.45, 7) is 3.01. The van der Waals surface area contributed by atoms with E-state index in [4.69, 9.17) is 0 Å². The predicted molar refractivity (Wildman–Crippen MR) is 74.3 cm³/mol. The first kappa shape index (κ1) is 15.4. The molecule has 1 saturated heterocycles. The molecule has 1 aliphatic heterocycles. The zero-order valence-electron chi connectivity index (χ0n) is 11.2. The van der Waals surface area contributed by atoms with Crippen molar-refractivity contribution >= 4 is 27.3 Å². The maximum absolute atomic E-state index is 12.1. The summed E-state index contributed by atoms with van der Waals surface area (Å²) < 4.78 is 31.2. The number of nitrogens with one attached hydrogen (secondary N) is 1. The fourth-order valence-corrected chi connectivity index (χ4v) is 4.26. The zero-order chi connectivity index (χ0) is 14.6. The van der Waals surface area contributed by atoms with E-state index in [1.54, 1.807) is 0 Å². The lowest BCUT2D eigenvalue weighted by atomic mass is 10.4. The molecule has 0 aliphatic carbocycles. The largest absolute Gasteiger partial charge is 0.464 e. The Morgan fingerprint density at radius 3 is 2.85 bits per heavy atom. The van der Waals surface area contributed by atoms with Crippen molar-refractivity contribution in [3.63, 3.8) is 0 Å². The number of likely N-dealkylation sites (tertiary alicyclic amines) is 1. The molecule has 112 valence electrons. The fraction of sp³-hybridized carbons (Fsp3) is 0.636. The van der Waals surface area contributed by atoms with Crippen LogP contribution in [0.3, 0.4) is 0 Å². The van der Waals surface area contributed by atoms with E-state index in [1.165, 1.54) is 12.6 Å². The highest BCUT2D eigenvalue weighted by atomic mass is 32.2. The van der Waals surface area contributed by atoms with Crippen molar-refractivity contribution in [1.82, 2.24) is 14.6 Å². The molecule has 20 heavy (non-hydrogen) atoms. The summed E-state index contributed by atoms with van der Waals surface area (Å²) in [5, 5.41) is 0. The minimum Gasteiger partial charge on any atom is -0.464 e. The molecular formula is C11H17N3O4S2. The third-order valence-corrected chi connectivity index (χ3v) is 5.91. The Balaban J connectivity index is 1.99. The number of sulfonamides is 1. The second-order valence-corrected chi connectivity index (χ2v) is 7.24. The van der Waals surface area contributed by atoms with E-state index in [1.807, 2.05) is 0 Å². The van der Waals surface area contributed by atoms with Gasteiger partial charge < -0.3 is 9.64 Å². The van der Waals surface area contributed by atoms with Gasteiger partial charge in [-0.05, 0) is 25.9 Å². The standard InChI is InChI=1S/C11H17N3O4S2/c1-18-10(15)9-11(19-8-12-9)20(16,17)13-4-7-14-5-2-3-6-14/h8,13H,2-7H2,1H3. The van der Waals surface area contributed by atoms with E-state index < -0.39 is 16.0 Å². The van der Waals surface area contributed by atoms with Crippen molar-refractivity contribution < 1.29 is 17.9 Å². The maximum Gasteiger partial charge on any atom is 0.358 e. The van der Waals surface area contributed by atoms with Gasteiger partial charge in [-0.25, -0.2) is 22.9 Å². The van der Waals surface area contributed by atoms with E-state index in [9.17, 15) is 13.2 Å². The second kappa shape index (κ2) is 6.61. The van der Waals surface area contributed by atoms with Gasteiger partial charge in [-0.3, -0.25) is 0 Å². The Labute approximate surface area is 122 Å². The highest BCUT2D eigenvalue weighted by molar-refractivity contribution is 7.91. The predicted octanol–water partition coefficient (Wildman–Crippen LogP) is 0.304. The fourth-order valence-electron chi connectivity index (χ4n) is 2.07. The quantitative estimate of drug-likeness (QED) is 0.759. The number of hydrogen-bond acceptors (Lipinski definition) is 7. The Hall–Kier alpha value is -1.03. The number of rotatable bonds is 6. The van der Waals surface area contributed by atoms with Crippen LogP contribution in [0.2, 0.25) is 0 Å². The SMILES string of the molecule is COC(=O)c1ncsc1S(=O)(=O)NCCN1CCCC1. The minimum atomic E-state index is -3.72. The molecule has 9 heteroatoms. The van der Waals surface area contributed by atoms with Gasteiger partial charge in [0.2, 0.25) is 0 Å². The van der Waals surface area contributed by atoms with Crippen LogP contribution in [0.1, 0.15) is 23.3 Å². The van der Waals surface area contributed by atoms with E-state index in [2.05, 4.69) is 19.3 Å². The van der Waals surface area contributed by atoms with Crippen molar-refractivity contribution in [1.29, 1.82) is 0 Å². The highest BCUT2D eigenvalue weighted by Crippen LogP contribution is 2.20. The molecule has 0 saturated carbocycles. The normalized spacial score (nSPS) is 16.4. The summed E-state index contributed by atoms with van der Waals surface area (Å²) in [5.74, 6) is -0.744. The summed E-state index contributed by atoms with van der Waals surface area (Å²) in [5.41, 5.74) is 1.16. The van der Waals surface area contributed by atoms with Crippen LogP contribution in [0.25, 0.3) is 0 Å². The molecule has 1 aliphatic rings. The topological polar surface area (TPSA) is 88.6 Å².